The molecule has 2 heterocycles. The van der Waals surface area contributed by atoms with Gasteiger partial charge < -0.3 is 10.1 Å². The number of ether oxygens (including phenoxy) is 1. The molecule has 2 saturated heterocycles. The fraction of sp³-hybridized carbons (Fsp3) is 1.00. The molecule has 0 atom stereocenters. The average Bonchev–Trinajstić information content (AvgIpc) is 1.87. The molecular weight excluding hydrogens is 158 g/mol. The second-order valence-electron chi connectivity index (χ2n) is 2.08. The van der Waals surface area contributed by atoms with E-state index in [9.17, 15) is 4.21 Å². The van der Waals surface area contributed by atoms with E-state index in [4.69, 9.17) is 13.1 Å². The molecule has 10 heavy (non-hydrogen) atoms. The van der Waals surface area contributed by atoms with Crippen molar-refractivity contribution in [3.8, 4) is 0 Å². The predicted molar refractivity (Wildman–Crippen MR) is 31.9 cm³/mol. The zero-order valence-electron chi connectivity index (χ0n) is 5.16. The van der Waals surface area contributed by atoms with Crippen molar-refractivity contribution in [3.05, 3.63) is 0 Å². The predicted octanol–water partition coefficient (Wildman–Crippen LogP) is -1.11. The van der Waals surface area contributed by atoms with Gasteiger partial charge in [0.2, 0.25) is 0 Å². The maximum absolute atomic E-state index is 10.3. The monoisotopic (exact) mass is 165 g/mol. The van der Waals surface area contributed by atoms with Crippen LogP contribution in [-0.2, 0) is 24.5 Å². The van der Waals surface area contributed by atoms with Gasteiger partial charge in [-0.3, -0.25) is 0 Å². The summed E-state index contributed by atoms with van der Waals surface area (Å²) in [5.74, 6) is -1.04. The summed E-state index contributed by atoms with van der Waals surface area (Å²) < 4.78 is 24.9. The molecule has 0 aromatic carbocycles. The molecule has 0 radical (unpaired) electrons. The van der Waals surface area contributed by atoms with E-state index >= 15 is 0 Å². The maximum atomic E-state index is 10.3. The molecule has 0 amide bonds. The minimum absolute atomic E-state index is 0.443. The molecule has 58 valence electrons. The SMILES string of the molecule is O=S1OC2(CNCCO2)O1. The summed E-state index contributed by atoms with van der Waals surface area (Å²) in [7, 11) is 0. The zero-order valence-corrected chi connectivity index (χ0v) is 5.98. The highest BCUT2D eigenvalue weighted by Gasteiger charge is 2.49. The summed E-state index contributed by atoms with van der Waals surface area (Å²) in [5, 5.41) is 2.99. The number of rotatable bonds is 0. The molecule has 1 spiro atoms. The Bertz CT molecular complexity index is 157. The van der Waals surface area contributed by atoms with Crippen molar-refractivity contribution >= 4 is 11.4 Å². The quantitative estimate of drug-likeness (QED) is 0.493. The Labute approximate surface area is 60.5 Å². The zero-order chi connectivity index (χ0) is 7.03. The Balaban J connectivity index is 1.96. The Morgan fingerprint density at radius 2 is 2.30 bits per heavy atom. The third kappa shape index (κ3) is 0.977. The van der Waals surface area contributed by atoms with Crippen LogP contribution in [0, 0.1) is 0 Å². The lowest BCUT2D eigenvalue weighted by Crippen LogP contribution is -2.59. The molecule has 6 heteroatoms. The molecule has 0 saturated carbocycles. The normalized spacial score (nSPS) is 47.0. The molecule has 5 nitrogen and oxygen atoms in total. The third-order valence-electron chi connectivity index (χ3n) is 1.33. The van der Waals surface area contributed by atoms with Gasteiger partial charge in [0.15, 0.2) is 0 Å². The molecule has 2 aliphatic heterocycles. The van der Waals surface area contributed by atoms with E-state index in [2.05, 4.69) is 5.32 Å². The Hall–Kier alpha value is -0.0100. The number of nitrogens with one attached hydrogen (secondary N) is 1. The molecule has 2 aliphatic rings. The molecule has 2 rings (SSSR count). The molecule has 0 aliphatic carbocycles. The summed E-state index contributed by atoms with van der Waals surface area (Å²) in [6, 6.07) is 0. The van der Waals surface area contributed by atoms with Crippen LogP contribution in [0.1, 0.15) is 0 Å². The first-order valence-corrected chi connectivity index (χ1v) is 3.96. The molecule has 0 bridgehead atoms. The number of morpholine rings is 1. The first-order valence-electron chi connectivity index (χ1n) is 2.96. The minimum Gasteiger partial charge on any atom is -0.324 e. The Kier molecular flexibility index (Phi) is 1.50. The second-order valence-corrected chi connectivity index (χ2v) is 2.82. The smallest absolute Gasteiger partial charge is 0.324 e. The molecule has 0 unspecified atom stereocenters. The Morgan fingerprint density at radius 1 is 1.50 bits per heavy atom. The van der Waals surface area contributed by atoms with Crippen LogP contribution < -0.4 is 5.32 Å². The van der Waals surface area contributed by atoms with E-state index in [1.807, 2.05) is 0 Å². The van der Waals surface area contributed by atoms with Crippen LogP contribution >= 0.6 is 0 Å². The van der Waals surface area contributed by atoms with Gasteiger partial charge in [-0.25, -0.2) is 8.37 Å². The van der Waals surface area contributed by atoms with E-state index in [0.29, 0.717) is 13.2 Å². The van der Waals surface area contributed by atoms with Gasteiger partial charge in [-0.1, -0.05) is 0 Å². The number of hydrogen-bond acceptors (Lipinski definition) is 5. The van der Waals surface area contributed by atoms with Crippen LogP contribution in [0.3, 0.4) is 0 Å². The molecular formula is C4H7NO4S. The molecule has 1 N–H and O–H groups in total. The van der Waals surface area contributed by atoms with Gasteiger partial charge in [0.05, 0.1) is 13.2 Å². The van der Waals surface area contributed by atoms with Gasteiger partial charge in [0.25, 0.3) is 0 Å². The standard InChI is InChI=1S/C4H7NO4S/c6-10-8-4(9-10)3-5-1-2-7-4/h5H,1-3H2. The van der Waals surface area contributed by atoms with E-state index in [-0.39, 0.29) is 0 Å². The lowest BCUT2D eigenvalue weighted by molar-refractivity contribution is -0.347. The van der Waals surface area contributed by atoms with Crippen molar-refractivity contribution in [2.45, 2.75) is 5.97 Å². The summed E-state index contributed by atoms with van der Waals surface area (Å²) >= 11 is -1.59. The van der Waals surface area contributed by atoms with E-state index in [1.165, 1.54) is 0 Å². The van der Waals surface area contributed by atoms with Crippen LogP contribution in [-0.4, -0.2) is 29.9 Å². The van der Waals surface area contributed by atoms with Crippen LogP contribution in [0.5, 0.6) is 0 Å². The van der Waals surface area contributed by atoms with Crippen molar-refractivity contribution < 1.29 is 17.3 Å². The van der Waals surface area contributed by atoms with Gasteiger partial charge in [-0.2, -0.15) is 4.21 Å². The van der Waals surface area contributed by atoms with Gasteiger partial charge in [0, 0.05) is 6.54 Å². The van der Waals surface area contributed by atoms with Gasteiger partial charge in [0.1, 0.15) is 0 Å². The van der Waals surface area contributed by atoms with Crippen molar-refractivity contribution in [2.24, 2.45) is 0 Å². The van der Waals surface area contributed by atoms with Crippen LogP contribution in [0.4, 0.5) is 0 Å². The first-order chi connectivity index (χ1) is 4.81. The first kappa shape index (κ1) is 6.68. The molecule has 0 aromatic heterocycles. The maximum Gasteiger partial charge on any atom is 0.325 e. The third-order valence-corrected chi connectivity index (χ3v) is 2.11. The van der Waals surface area contributed by atoms with Crippen LogP contribution in [0.25, 0.3) is 0 Å². The summed E-state index contributed by atoms with van der Waals surface area (Å²) in [4.78, 5) is 0. The lowest BCUT2D eigenvalue weighted by Gasteiger charge is -2.39. The molecule has 0 aromatic rings. The van der Waals surface area contributed by atoms with Gasteiger partial charge in [-0.05, 0) is 0 Å². The summed E-state index contributed by atoms with van der Waals surface area (Å²) in [5.41, 5.74) is 0. The van der Waals surface area contributed by atoms with Crippen molar-refractivity contribution in [3.63, 3.8) is 0 Å². The minimum atomic E-state index is -1.59. The topological polar surface area (TPSA) is 56.8 Å². The number of hydrogen-bond donors (Lipinski definition) is 1. The van der Waals surface area contributed by atoms with E-state index in [1.54, 1.807) is 0 Å². The van der Waals surface area contributed by atoms with Gasteiger partial charge >= 0.3 is 17.3 Å². The lowest BCUT2D eigenvalue weighted by atomic mass is 10.4. The fourth-order valence-corrected chi connectivity index (χ4v) is 1.53. The fourth-order valence-electron chi connectivity index (χ4n) is 0.892. The highest BCUT2D eigenvalue weighted by molar-refractivity contribution is 7.76. The van der Waals surface area contributed by atoms with E-state index in [0.717, 1.165) is 6.54 Å². The largest absolute Gasteiger partial charge is 0.325 e. The van der Waals surface area contributed by atoms with Crippen LogP contribution in [0.15, 0.2) is 0 Å². The molecule has 2 fully saturated rings. The summed E-state index contributed by atoms with van der Waals surface area (Å²) in [6.45, 7) is 1.75. The van der Waals surface area contributed by atoms with Crippen molar-refractivity contribution in [2.75, 3.05) is 19.7 Å². The second kappa shape index (κ2) is 2.24. The van der Waals surface area contributed by atoms with Crippen molar-refractivity contribution in [1.82, 2.24) is 5.32 Å². The highest BCUT2D eigenvalue weighted by Crippen LogP contribution is 2.29. The Morgan fingerprint density at radius 3 is 2.80 bits per heavy atom. The summed E-state index contributed by atoms with van der Waals surface area (Å²) in [6.07, 6.45) is 0. The van der Waals surface area contributed by atoms with Gasteiger partial charge in [-0.15, -0.1) is 0 Å². The van der Waals surface area contributed by atoms with Crippen molar-refractivity contribution in [1.29, 1.82) is 0 Å². The van der Waals surface area contributed by atoms with E-state index < -0.39 is 17.3 Å². The van der Waals surface area contributed by atoms with Crippen LogP contribution in [0.2, 0.25) is 0 Å². The highest BCUT2D eigenvalue weighted by atomic mass is 32.2. The average molecular weight is 165 g/mol.